The summed E-state index contributed by atoms with van der Waals surface area (Å²) in [6.07, 6.45) is 2.02. The third-order valence-corrected chi connectivity index (χ3v) is 4.74. The Morgan fingerprint density at radius 1 is 1.21 bits per heavy atom. The maximum absolute atomic E-state index is 11.2. The van der Waals surface area contributed by atoms with E-state index in [4.69, 9.17) is 5.11 Å². The van der Waals surface area contributed by atoms with E-state index in [1.54, 1.807) is 0 Å². The van der Waals surface area contributed by atoms with Crippen LogP contribution in [0.25, 0.3) is 0 Å². The molecule has 0 radical (unpaired) electrons. The van der Waals surface area contributed by atoms with E-state index in [0.717, 1.165) is 42.0 Å². The van der Waals surface area contributed by atoms with Crippen LogP contribution in [0.5, 0.6) is 0 Å². The summed E-state index contributed by atoms with van der Waals surface area (Å²) < 4.78 is 11.2. The molecule has 4 nitrogen and oxygen atoms in total. The fourth-order valence-corrected chi connectivity index (χ4v) is 3.51. The molecule has 1 fully saturated rings. The largest absolute Gasteiger partial charge is 0.481 e. The molecule has 1 aliphatic rings. The fourth-order valence-electron chi connectivity index (χ4n) is 2.21. The van der Waals surface area contributed by atoms with Gasteiger partial charge in [0.15, 0.2) is 0 Å². The Labute approximate surface area is 115 Å². The molecule has 19 heavy (non-hydrogen) atoms. The molecule has 1 aromatic rings. The lowest BCUT2D eigenvalue weighted by Crippen LogP contribution is -2.35. The molecule has 5 heteroatoms. The molecule has 2 N–H and O–H groups in total. The summed E-state index contributed by atoms with van der Waals surface area (Å²) in [7, 11) is -0.613. The van der Waals surface area contributed by atoms with Crippen molar-refractivity contribution in [2.24, 2.45) is 0 Å². The lowest BCUT2D eigenvalue weighted by molar-refractivity contribution is -0.136. The van der Waals surface area contributed by atoms with Gasteiger partial charge in [-0.05, 0) is 24.0 Å². The van der Waals surface area contributed by atoms with Crippen molar-refractivity contribution in [2.75, 3.05) is 11.5 Å². The van der Waals surface area contributed by atoms with Gasteiger partial charge in [0.1, 0.15) is 0 Å². The summed E-state index contributed by atoms with van der Waals surface area (Å²) in [5.74, 6) is 0.797. The third-order valence-electron chi connectivity index (χ3n) is 3.36. The van der Waals surface area contributed by atoms with Gasteiger partial charge in [-0.1, -0.05) is 24.3 Å². The topological polar surface area (TPSA) is 66.4 Å². The minimum Gasteiger partial charge on any atom is -0.481 e. The third kappa shape index (κ3) is 4.76. The van der Waals surface area contributed by atoms with Crippen LogP contribution in [0, 0.1) is 0 Å². The minimum absolute atomic E-state index is 0.0716. The Bertz CT molecular complexity index is 448. The van der Waals surface area contributed by atoms with Crippen LogP contribution in [-0.2, 0) is 28.6 Å². The minimum atomic E-state index is -0.805. The van der Waals surface area contributed by atoms with Gasteiger partial charge in [0.2, 0.25) is 0 Å². The van der Waals surface area contributed by atoms with Gasteiger partial charge in [-0.15, -0.1) is 0 Å². The van der Waals surface area contributed by atoms with Crippen LogP contribution in [0.4, 0.5) is 0 Å². The molecule has 0 amide bonds. The first-order valence-electron chi connectivity index (χ1n) is 6.51. The predicted octanol–water partition coefficient (Wildman–Crippen LogP) is 1.31. The second kappa shape index (κ2) is 6.82. The van der Waals surface area contributed by atoms with Gasteiger partial charge in [-0.3, -0.25) is 9.00 Å². The molecule has 0 atom stereocenters. The molecule has 1 saturated heterocycles. The molecule has 2 rings (SSSR count). The van der Waals surface area contributed by atoms with E-state index in [2.05, 4.69) is 5.32 Å². The van der Waals surface area contributed by atoms with Crippen molar-refractivity contribution in [3.05, 3.63) is 35.4 Å². The number of benzene rings is 1. The molecule has 0 aromatic heterocycles. The summed E-state index contributed by atoms with van der Waals surface area (Å²) in [6, 6.07) is 8.11. The lowest BCUT2D eigenvalue weighted by Gasteiger charge is -2.22. The van der Waals surface area contributed by atoms with Crippen LogP contribution in [-0.4, -0.2) is 32.8 Å². The fraction of sp³-hybridized carbons (Fsp3) is 0.500. The monoisotopic (exact) mass is 281 g/mol. The second-order valence-corrected chi connectivity index (χ2v) is 6.59. The van der Waals surface area contributed by atoms with Crippen molar-refractivity contribution in [1.82, 2.24) is 5.32 Å². The van der Waals surface area contributed by atoms with E-state index in [1.165, 1.54) is 0 Å². The summed E-state index contributed by atoms with van der Waals surface area (Å²) in [5, 5.41) is 12.2. The zero-order valence-corrected chi connectivity index (χ0v) is 11.6. The quantitative estimate of drug-likeness (QED) is 0.854. The first-order chi connectivity index (χ1) is 9.13. The van der Waals surface area contributed by atoms with E-state index in [0.29, 0.717) is 6.04 Å². The van der Waals surface area contributed by atoms with Gasteiger partial charge in [-0.2, -0.15) is 0 Å². The molecule has 0 spiro atoms. The van der Waals surface area contributed by atoms with Crippen LogP contribution >= 0.6 is 0 Å². The molecular formula is C14H19NO3S. The number of hydrogen-bond donors (Lipinski definition) is 2. The molecule has 0 saturated carbocycles. The zero-order valence-electron chi connectivity index (χ0n) is 10.8. The van der Waals surface area contributed by atoms with Crippen molar-refractivity contribution in [3.63, 3.8) is 0 Å². The number of rotatable bonds is 5. The summed E-state index contributed by atoms with van der Waals surface area (Å²) in [5.41, 5.74) is 1.98. The van der Waals surface area contributed by atoms with E-state index in [1.807, 2.05) is 24.3 Å². The summed E-state index contributed by atoms with van der Waals surface area (Å²) >= 11 is 0. The lowest BCUT2D eigenvalue weighted by atomic mass is 10.1. The van der Waals surface area contributed by atoms with Crippen LogP contribution < -0.4 is 5.32 Å². The smallest absolute Gasteiger partial charge is 0.307 e. The summed E-state index contributed by atoms with van der Waals surface area (Å²) in [4.78, 5) is 10.6. The molecule has 0 aliphatic carbocycles. The second-order valence-electron chi connectivity index (χ2n) is 4.89. The van der Waals surface area contributed by atoms with Crippen LogP contribution in [0.2, 0.25) is 0 Å². The highest BCUT2D eigenvalue weighted by atomic mass is 32.2. The Morgan fingerprint density at radius 2 is 1.79 bits per heavy atom. The Morgan fingerprint density at radius 3 is 2.37 bits per heavy atom. The van der Waals surface area contributed by atoms with E-state index < -0.39 is 16.8 Å². The first kappa shape index (κ1) is 14.2. The number of carbonyl (C=O) groups is 1. The number of aliphatic carboxylic acids is 1. The maximum atomic E-state index is 11.2. The Balaban J connectivity index is 1.79. The van der Waals surface area contributed by atoms with Gasteiger partial charge >= 0.3 is 5.97 Å². The van der Waals surface area contributed by atoms with Crippen molar-refractivity contribution in [2.45, 2.75) is 31.8 Å². The molecule has 1 aromatic carbocycles. The van der Waals surface area contributed by atoms with E-state index >= 15 is 0 Å². The van der Waals surface area contributed by atoms with Crippen molar-refractivity contribution in [3.8, 4) is 0 Å². The normalized spacial score (nSPS) is 23.2. The molecule has 0 bridgehead atoms. The number of carboxylic acids is 1. The van der Waals surface area contributed by atoms with Gasteiger partial charge in [0.25, 0.3) is 0 Å². The Kier molecular flexibility index (Phi) is 5.10. The molecule has 1 heterocycles. The van der Waals surface area contributed by atoms with Gasteiger partial charge in [-0.25, -0.2) is 0 Å². The average Bonchev–Trinajstić information content (AvgIpc) is 2.39. The number of nitrogens with one attached hydrogen (secondary N) is 1. The van der Waals surface area contributed by atoms with Crippen LogP contribution in [0.15, 0.2) is 24.3 Å². The number of hydrogen-bond acceptors (Lipinski definition) is 3. The van der Waals surface area contributed by atoms with Crippen molar-refractivity contribution >= 4 is 16.8 Å². The predicted molar refractivity (Wildman–Crippen MR) is 75.5 cm³/mol. The molecular weight excluding hydrogens is 262 g/mol. The highest BCUT2D eigenvalue weighted by molar-refractivity contribution is 7.85. The van der Waals surface area contributed by atoms with Crippen LogP contribution in [0.3, 0.4) is 0 Å². The Hall–Kier alpha value is -1.20. The van der Waals surface area contributed by atoms with Crippen LogP contribution in [0.1, 0.15) is 24.0 Å². The number of carboxylic acid groups (broad SMARTS) is 1. The SMILES string of the molecule is O=C(O)Cc1ccc(CNC2CCS(=O)CC2)cc1. The first-order valence-corrected chi connectivity index (χ1v) is 8.00. The zero-order chi connectivity index (χ0) is 13.7. The summed E-state index contributed by atoms with van der Waals surface area (Å²) in [6.45, 7) is 0.782. The van der Waals surface area contributed by atoms with Crippen molar-refractivity contribution in [1.29, 1.82) is 0 Å². The molecule has 0 unspecified atom stereocenters. The van der Waals surface area contributed by atoms with Gasteiger partial charge < -0.3 is 10.4 Å². The highest BCUT2D eigenvalue weighted by Gasteiger charge is 2.16. The van der Waals surface area contributed by atoms with E-state index in [9.17, 15) is 9.00 Å². The average molecular weight is 281 g/mol. The standard InChI is InChI=1S/C14H19NO3S/c16-14(17)9-11-1-3-12(4-2-11)10-15-13-5-7-19(18)8-6-13/h1-4,13,15H,5-10H2,(H,16,17). The maximum Gasteiger partial charge on any atom is 0.307 e. The van der Waals surface area contributed by atoms with E-state index in [-0.39, 0.29) is 6.42 Å². The van der Waals surface area contributed by atoms with Crippen molar-refractivity contribution < 1.29 is 14.1 Å². The molecule has 1 aliphatic heterocycles. The highest BCUT2D eigenvalue weighted by Crippen LogP contribution is 2.11. The molecule has 104 valence electrons. The van der Waals surface area contributed by atoms with Gasteiger partial charge in [0.05, 0.1) is 6.42 Å². The van der Waals surface area contributed by atoms with Gasteiger partial charge in [0, 0.05) is 34.9 Å².